The summed E-state index contributed by atoms with van der Waals surface area (Å²) in [5.74, 6) is 0. The van der Waals surface area contributed by atoms with E-state index in [0.29, 0.717) is 0 Å². The summed E-state index contributed by atoms with van der Waals surface area (Å²) in [5, 5.41) is 1.58. The first-order valence-corrected chi connectivity index (χ1v) is 5.82. The van der Waals surface area contributed by atoms with Crippen LogP contribution in [0.3, 0.4) is 0 Å². The summed E-state index contributed by atoms with van der Waals surface area (Å²) in [6, 6.07) is 0. The predicted octanol–water partition coefficient (Wildman–Crippen LogP) is 2.05. The maximum Gasteiger partial charge on any atom is 0.394 e. The van der Waals surface area contributed by atoms with Crippen LogP contribution in [0.15, 0.2) is 0 Å². The molecule has 0 heterocycles. The standard InChI is InChI=1S/C6H14S.H3N.H2O4S/c1-5(2)7-6(3)4;;1-5(2,3)4/h5-6H,1-4H3;1H3;(H2,1,2,3,4). The van der Waals surface area contributed by atoms with Gasteiger partial charge >= 0.3 is 10.4 Å². The minimum Gasteiger partial charge on any atom is -0.344 e. The molecule has 13 heavy (non-hydrogen) atoms. The lowest BCUT2D eigenvalue weighted by atomic mass is 10.6. The van der Waals surface area contributed by atoms with E-state index in [0.717, 1.165) is 10.5 Å². The van der Waals surface area contributed by atoms with Crippen LogP contribution in [0.25, 0.3) is 0 Å². The SMILES string of the molecule is CC(C)SC(C)C.N.O=S(=O)(O)O. The predicted molar refractivity (Wildman–Crippen MR) is 57.1 cm³/mol. The van der Waals surface area contributed by atoms with Crippen molar-refractivity contribution in [2.75, 3.05) is 0 Å². The highest BCUT2D eigenvalue weighted by atomic mass is 32.3. The van der Waals surface area contributed by atoms with Crippen molar-refractivity contribution < 1.29 is 17.5 Å². The second kappa shape index (κ2) is 8.76. The molecular weight excluding hydrogens is 214 g/mol. The minimum absolute atomic E-state index is 0. The summed E-state index contributed by atoms with van der Waals surface area (Å²) in [6.45, 7) is 8.91. The summed E-state index contributed by atoms with van der Waals surface area (Å²) in [5.41, 5.74) is 0. The molecule has 5 N–H and O–H groups in total. The van der Waals surface area contributed by atoms with Crippen LogP contribution >= 0.6 is 11.8 Å². The molecule has 0 aromatic carbocycles. The molecule has 0 spiro atoms. The highest BCUT2D eigenvalue weighted by molar-refractivity contribution is 8.00. The zero-order valence-corrected chi connectivity index (χ0v) is 10.0. The van der Waals surface area contributed by atoms with Crippen molar-refractivity contribution in [1.82, 2.24) is 6.15 Å². The molecular formula is C6H19NO4S2. The van der Waals surface area contributed by atoms with Crippen molar-refractivity contribution in [3.63, 3.8) is 0 Å². The average Bonchev–Trinajstić information content (AvgIpc) is 1.52. The second-order valence-electron chi connectivity index (χ2n) is 2.68. The van der Waals surface area contributed by atoms with Crippen molar-refractivity contribution in [2.24, 2.45) is 0 Å². The minimum atomic E-state index is -4.67. The molecule has 0 radical (unpaired) electrons. The fourth-order valence-corrected chi connectivity index (χ4v) is 1.63. The first-order valence-electron chi connectivity index (χ1n) is 3.48. The molecule has 0 amide bonds. The molecule has 0 fully saturated rings. The van der Waals surface area contributed by atoms with Gasteiger partial charge in [-0.1, -0.05) is 27.7 Å². The smallest absolute Gasteiger partial charge is 0.344 e. The van der Waals surface area contributed by atoms with Gasteiger partial charge in [0.2, 0.25) is 0 Å². The van der Waals surface area contributed by atoms with E-state index in [2.05, 4.69) is 27.7 Å². The lowest BCUT2D eigenvalue weighted by Gasteiger charge is -2.05. The van der Waals surface area contributed by atoms with E-state index in [9.17, 15) is 0 Å². The van der Waals surface area contributed by atoms with Crippen LogP contribution in [0.2, 0.25) is 0 Å². The zero-order valence-electron chi connectivity index (χ0n) is 8.39. The topological polar surface area (TPSA) is 110 Å². The zero-order chi connectivity index (χ0) is 10.4. The van der Waals surface area contributed by atoms with E-state index in [1.54, 1.807) is 0 Å². The van der Waals surface area contributed by atoms with Crippen molar-refractivity contribution in [3.8, 4) is 0 Å². The van der Waals surface area contributed by atoms with Gasteiger partial charge in [-0.25, -0.2) is 0 Å². The van der Waals surface area contributed by atoms with Gasteiger partial charge in [-0.3, -0.25) is 9.11 Å². The Kier molecular flexibility index (Phi) is 12.7. The van der Waals surface area contributed by atoms with Gasteiger partial charge in [-0.2, -0.15) is 20.2 Å². The van der Waals surface area contributed by atoms with E-state index in [1.165, 1.54) is 0 Å². The lowest BCUT2D eigenvalue weighted by molar-refractivity contribution is 0.381. The van der Waals surface area contributed by atoms with E-state index >= 15 is 0 Å². The van der Waals surface area contributed by atoms with Crippen molar-refractivity contribution in [1.29, 1.82) is 0 Å². The Morgan fingerprint density at radius 3 is 1.15 bits per heavy atom. The summed E-state index contributed by atoms with van der Waals surface area (Å²) in [7, 11) is -4.67. The molecule has 0 saturated carbocycles. The number of thioether (sulfide) groups is 1. The van der Waals surface area contributed by atoms with Gasteiger partial charge in [0.25, 0.3) is 0 Å². The highest BCUT2D eigenvalue weighted by Gasteiger charge is 1.95. The normalized spacial score (nSPS) is 10.5. The van der Waals surface area contributed by atoms with E-state index in [4.69, 9.17) is 17.5 Å². The van der Waals surface area contributed by atoms with Crippen molar-refractivity contribution >= 4 is 22.2 Å². The molecule has 7 heteroatoms. The Hall–Kier alpha value is 0.180. The molecule has 0 aromatic heterocycles. The van der Waals surface area contributed by atoms with Crippen molar-refractivity contribution in [3.05, 3.63) is 0 Å². The van der Waals surface area contributed by atoms with Gasteiger partial charge in [0.1, 0.15) is 0 Å². The van der Waals surface area contributed by atoms with Crippen LogP contribution in [0.1, 0.15) is 27.7 Å². The Labute approximate surface area is 84.5 Å². The van der Waals surface area contributed by atoms with E-state index in [1.807, 2.05) is 11.8 Å². The van der Waals surface area contributed by atoms with Crippen LogP contribution in [0.5, 0.6) is 0 Å². The molecule has 0 saturated heterocycles. The molecule has 0 aliphatic rings. The van der Waals surface area contributed by atoms with Gasteiger partial charge in [-0.05, 0) is 10.5 Å². The molecule has 84 valence electrons. The maximum atomic E-state index is 8.74. The lowest BCUT2D eigenvalue weighted by Crippen LogP contribution is -1.94. The molecule has 0 aliphatic carbocycles. The van der Waals surface area contributed by atoms with E-state index < -0.39 is 10.4 Å². The third kappa shape index (κ3) is 72.2. The summed E-state index contributed by atoms with van der Waals surface area (Å²) in [6.07, 6.45) is 0. The largest absolute Gasteiger partial charge is 0.394 e. The summed E-state index contributed by atoms with van der Waals surface area (Å²) in [4.78, 5) is 0. The third-order valence-electron chi connectivity index (χ3n) is 0.544. The Balaban J connectivity index is -0.000000150. The average molecular weight is 233 g/mol. The van der Waals surface area contributed by atoms with Crippen LogP contribution in [-0.4, -0.2) is 28.0 Å². The molecule has 0 unspecified atom stereocenters. The van der Waals surface area contributed by atoms with E-state index in [-0.39, 0.29) is 6.15 Å². The quantitative estimate of drug-likeness (QED) is 0.630. The number of rotatable bonds is 2. The fraction of sp³-hybridized carbons (Fsp3) is 1.00. The van der Waals surface area contributed by atoms with Crippen LogP contribution in [-0.2, 0) is 10.4 Å². The van der Waals surface area contributed by atoms with Crippen LogP contribution in [0, 0.1) is 0 Å². The highest BCUT2D eigenvalue weighted by Crippen LogP contribution is 2.14. The third-order valence-corrected chi connectivity index (χ3v) is 1.63. The molecule has 0 rings (SSSR count). The molecule has 0 aliphatic heterocycles. The van der Waals surface area contributed by atoms with Gasteiger partial charge in [0, 0.05) is 0 Å². The van der Waals surface area contributed by atoms with Crippen LogP contribution < -0.4 is 6.15 Å². The monoisotopic (exact) mass is 233 g/mol. The molecule has 5 nitrogen and oxygen atoms in total. The number of hydrogen-bond acceptors (Lipinski definition) is 4. The molecule has 0 atom stereocenters. The first kappa shape index (κ1) is 18.9. The Morgan fingerprint density at radius 1 is 1.00 bits per heavy atom. The molecule has 0 bridgehead atoms. The van der Waals surface area contributed by atoms with Gasteiger partial charge in [0.05, 0.1) is 0 Å². The summed E-state index contributed by atoms with van der Waals surface area (Å²) < 4.78 is 31.6. The first-order chi connectivity index (χ1) is 5.13. The Morgan fingerprint density at radius 2 is 1.15 bits per heavy atom. The van der Waals surface area contributed by atoms with Gasteiger partial charge in [-0.15, -0.1) is 0 Å². The fourth-order valence-electron chi connectivity index (χ4n) is 0.544. The van der Waals surface area contributed by atoms with Gasteiger partial charge in [0.15, 0.2) is 0 Å². The maximum absolute atomic E-state index is 8.74. The number of hydrogen-bond donors (Lipinski definition) is 3. The van der Waals surface area contributed by atoms with Gasteiger partial charge < -0.3 is 6.15 Å². The molecule has 0 aromatic rings. The second-order valence-corrected chi connectivity index (χ2v) is 5.73. The Bertz CT molecular complexity index is 175. The van der Waals surface area contributed by atoms with Crippen LogP contribution in [0.4, 0.5) is 0 Å². The van der Waals surface area contributed by atoms with Crippen molar-refractivity contribution in [2.45, 2.75) is 38.2 Å². The summed E-state index contributed by atoms with van der Waals surface area (Å²) >= 11 is 2.01.